The highest BCUT2D eigenvalue weighted by molar-refractivity contribution is 7.89. The van der Waals surface area contributed by atoms with Gasteiger partial charge in [-0.2, -0.15) is 17.5 Å². The highest BCUT2D eigenvalue weighted by Crippen LogP contribution is 2.36. The molecule has 0 spiro atoms. The molecule has 12 heteroatoms. The minimum atomic E-state index is -4.46. The highest BCUT2D eigenvalue weighted by atomic mass is 35.5. The Balaban J connectivity index is 1.75. The number of piperazine rings is 1. The van der Waals surface area contributed by atoms with E-state index in [0.717, 1.165) is 29.7 Å². The number of anilines is 1. The van der Waals surface area contributed by atoms with E-state index in [4.69, 9.17) is 23.2 Å². The second kappa shape index (κ2) is 7.16. The van der Waals surface area contributed by atoms with Crippen LogP contribution in [0.3, 0.4) is 0 Å². The van der Waals surface area contributed by atoms with E-state index in [0.29, 0.717) is 0 Å². The van der Waals surface area contributed by atoms with E-state index in [-0.39, 0.29) is 45.6 Å². The Morgan fingerprint density at radius 3 is 2.31 bits per heavy atom. The molecule has 3 heterocycles. The van der Waals surface area contributed by atoms with Gasteiger partial charge in [0.15, 0.2) is 0 Å². The Morgan fingerprint density at radius 2 is 1.77 bits per heavy atom. The van der Waals surface area contributed by atoms with Crippen LogP contribution in [-0.4, -0.2) is 43.9 Å². The molecule has 1 aliphatic rings. The first-order valence-electron chi connectivity index (χ1n) is 7.32. The van der Waals surface area contributed by atoms with Gasteiger partial charge < -0.3 is 4.90 Å². The van der Waals surface area contributed by atoms with E-state index in [1.54, 1.807) is 4.90 Å². The highest BCUT2D eigenvalue weighted by Gasteiger charge is 2.34. The first kappa shape index (κ1) is 19.7. The Labute approximate surface area is 162 Å². The SMILES string of the molecule is O=S(=O)(c1cc(Cl)sc1Cl)N1CCN(c2cc(C(F)(F)F)ccn2)CC1. The number of pyridine rings is 1. The lowest BCUT2D eigenvalue weighted by Crippen LogP contribution is -2.48. The summed E-state index contributed by atoms with van der Waals surface area (Å²) in [6, 6.07) is 3.15. The van der Waals surface area contributed by atoms with Crippen LogP contribution < -0.4 is 4.90 Å². The third kappa shape index (κ3) is 3.94. The molecule has 142 valence electrons. The second-order valence-corrected chi connectivity index (χ2v) is 9.67. The van der Waals surface area contributed by atoms with Crippen molar-refractivity contribution in [1.29, 1.82) is 0 Å². The maximum absolute atomic E-state index is 12.8. The first-order valence-corrected chi connectivity index (χ1v) is 10.3. The molecular formula is C14H12Cl2F3N3O2S2. The molecule has 26 heavy (non-hydrogen) atoms. The molecule has 1 fully saturated rings. The Bertz CT molecular complexity index is 910. The average molecular weight is 446 g/mol. The van der Waals surface area contributed by atoms with E-state index in [2.05, 4.69) is 4.98 Å². The molecule has 0 aromatic carbocycles. The normalized spacial score (nSPS) is 16.9. The van der Waals surface area contributed by atoms with Gasteiger partial charge in [-0.3, -0.25) is 0 Å². The van der Waals surface area contributed by atoms with Crippen molar-refractivity contribution in [2.45, 2.75) is 11.1 Å². The molecule has 0 saturated carbocycles. The lowest BCUT2D eigenvalue weighted by atomic mass is 10.2. The Kier molecular flexibility index (Phi) is 5.42. The quantitative estimate of drug-likeness (QED) is 0.716. The topological polar surface area (TPSA) is 53.5 Å². The number of alkyl halides is 3. The lowest BCUT2D eigenvalue weighted by molar-refractivity contribution is -0.137. The van der Waals surface area contributed by atoms with Crippen molar-refractivity contribution < 1.29 is 21.6 Å². The summed E-state index contributed by atoms with van der Waals surface area (Å²) in [5.74, 6) is 0.161. The van der Waals surface area contributed by atoms with Gasteiger partial charge >= 0.3 is 6.18 Å². The van der Waals surface area contributed by atoms with Gasteiger partial charge in [-0.1, -0.05) is 23.2 Å². The summed E-state index contributed by atoms with van der Waals surface area (Å²) in [6.45, 7) is 0.625. The van der Waals surface area contributed by atoms with Gasteiger partial charge in [0.25, 0.3) is 0 Å². The van der Waals surface area contributed by atoms with Gasteiger partial charge in [0.1, 0.15) is 15.0 Å². The number of hydrogen-bond donors (Lipinski definition) is 0. The zero-order valence-corrected chi connectivity index (χ0v) is 16.1. The number of nitrogens with zero attached hydrogens (tertiary/aromatic N) is 3. The fourth-order valence-electron chi connectivity index (χ4n) is 2.57. The Hall–Kier alpha value is -1.07. The largest absolute Gasteiger partial charge is 0.416 e. The molecule has 2 aromatic heterocycles. The van der Waals surface area contributed by atoms with Crippen LogP contribution in [0, 0.1) is 0 Å². The second-order valence-electron chi connectivity index (χ2n) is 5.48. The molecule has 0 aliphatic carbocycles. The minimum Gasteiger partial charge on any atom is -0.354 e. The van der Waals surface area contributed by atoms with Gasteiger partial charge in [-0.15, -0.1) is 11.3 Å². The summed E-state index contributed by atoms with van der Waals surface area (Å²) in [4.78, 5) is 5.52. The maximum Gasteiger partial charge on any atom is 0.416 e. The average Bonchev–Trinajstić information content (AvgIpc) is 2.93. The van der Waals surface area contributed by atoms with Crippen LogP contribution in [0.5, 0.6) is 0 Å². The van der Waals surface area contributed by atoms with Crippen molar-refractivity contribution in [3.8, 4) is 0 Å². The van der Waals surface area contributed by atoms with Crippen LogP contribution in [0.2, 0.25) is 8.67 Å². The van der Waals surface area contributed by atoms with Crippen molar-refractivity contribution in [3.05, 3.63) is 38.6 Å². The fraction of sp³-hybridized carbons (Fsp3) is 0.357. The molecule has 0 amide bonds. The minimum absolute atomic E-state index is 0.0557. The van der Waals surface area contributed by atoms with Gasteiger partial charge in [0, 0.05) is 32.4 Å². The van der Waals surface area contributed by atoms with Crippen molar-refractivity contribution in [2.24, 2.45) is 0 Å². The smallest absolute Gasteiger partial charge is 0.354 e. The number of sulfonamides is 1. The van der Waals surface area contributed by atoms with Gasteiger partial charge in [-0.05, 0) is 18.2 Å². The van der Waals surface area contributed by atoms with Crippen LogP contribution in [0.1, 0.15) is 5.56 Å². The molecule has 1 aliphatic heterocycles. The van der Waals surface area contributed by atoms with Gasteiger partial charge in [0.2, 0.25) is 10.0 Å². The molecule has 3 rings (SSSR count). The standard InChI is InChI=1S/C14H12Cl2F3N3O2S2/c15-11-8-10(13(16)25-11)26(23,24)22-5-3-21(4-6-22)12-7-9(1-2-20-12)14(17,18)19/h1-2,7-8H,3-6H2. The summed E-state index contributed by atoms with van der Waals surface area (Å²) >= 11 is 12.7. The maximum atomic E-state index is 12.8. The van der Waals surface area contributed by atoms with E-state index >= 15 is 0 Å². The predicted octanol–water partition coefficient (Wildman–Crippen LogP) is 3.98. The van der Waals surface area contributed by atoms with E-state index in [1.165, 1.54) is 10.4 Å². The fourth-order valence-corrected chi connectivity index (χ4v) is 6.10. The van der Waals surface area contributed by atoms with Crippen molar-refractivity contribution in [3.63, 3.8) is 0 Å². The Morgan fingerprint density at radius 1 is 1.12 bits per heavy atom. The molecule has 2 aromatic rings. The molecule has 0 unspecified atom stereocenters. The third-order valence-corrected chi connectivity index (χ3v) is 7.53. The summed E-state index contributed by atoms with van der Waals surface area (Å²) in [6.07, 6.45) is -3.37. The summed E-state index contributed by atoms with van der Waals surface area (Å²) in [5.41, 5.74) is -0.794. The van der Waals surface area contributed by atoms with Crippen LogP contribution in [0.15, 0.2) is 29.3 Å². The monoisotopic (exact) mass is 445 g/mol. The molecule has 0 N–H and O–H groups in total. The molecule has 5 nitrogen and oxygen atoms in total. The van der Waals surface area contributed by atoms with E-state index in [1.807, 2.05) is 0 Å². The van der Waals surface area contributed by atoms with Gasteiger partial charge in [0.05, 0.1) is 9.90 Å². The predicted molar refractivity (Wildman–Crippen MR) is 94.5 cm³/mol. The van der Waals surface area contributed by atoms with Crippen molar-refractivity contribution >= 4 is 50.4 Å². The van der Waals surface area contributed by atoms with Crippen LogP contribution in [0.4, 0.5) is 19.0 Å². The number of aromatic nitrogens is 1. The van der Waals surface area contributed by atoms with Crippen LogP contribution >= 0.6 is 34.5 Å². The third-order valence-electron chi connectivity index (χ3n) is 3.88. The lowest BCUT2D eigenvalue weighted by Gasteiger charge is -2.34. The van der Waals surface area contributed by atoms with Crippen molar-refractivity contribution in [2.75, 3.05) is 31.1 Å². The molecule has 1 saturated heterocycles. The number of thiophene rings is 1. The molecule has 0 atom stereocenters. The zero-order valence-electron chi connectivity index (χ0n) is 13.0. The molecule has 0 bridgehead atoms. The molecular weight excluding hydrogens is 434 g/mol. The summed E-state index contributed by atoms with van der Waals surface area (Å²) < 4.78 is 65.4. The van der Waals surface area contributed by atoms with E-state index < -0.39 is 21.8 Å². The van der Waals surface area contributed by atoms with Gasteiger partial charge in [-0.25, -0.2) is 13.4 Å². The number of hydrogen-bond acceptors (Lipinski definition) is 5. The molecule has 0 radical (unpaired) electrons. The van der Waals surface area contributed by atoms with E-state index in [9.17, 15) is 21.6 Å². The summed E-state index contributed by atoms with van der Waals surface area (Å²) in [5, 5.41) is 0. The number of rotatable bonds is 3. The first-order chi connectivity index (χ1) is 12.1. The van der Waals surface area contributed by atoms with Crippen LogP contribution in [0.25, 0.3) is 0 Å². The van der Waals surface area contributed by atoms with Crippen molar-refractivity contribution in [1.82, 2.24) is 9.29 Å². The van der Waals surface area contributed by atoms with Crippen LogP contribution in [-0.2, 0) is 16.2 Å². The number of halogens is 5. The summed E-state index contributed by atoms with van der Waals surface area (Å²) in [7, 11) is -3.81. The zero-order chi connectivity index (χ0) is 19.1.